The highest BCUT2D eigenvalue weighted by Gasteiger charge is 2.30. The number of amides is 1. The van der Waals surface area contributed by atoms with Crippen molar-refractivity contribution in [2.75, 3.05) is 25.5 Å². The summed E-state index contributed by atoms with van der Waals surface area (Å²) in [6, 6.07) is 4.00. The van der Waals surface area contributed by atoms with Gasteiger partial charge < -0.3 is 10.2 Å². The number of fused-ring (bicyclic) bond motifs is 1. The fraction of sp³-hybridized carbons (Fsp3) is 0.500. The van der Waals surface area contributed by atoms with Crippen LogP contribution in [0.4, 0.5) is 5.69 Å². The Morgan fingerprint density at radius 2 is 2.22 bits per heavy atom. The Bertz CT molecular complexity index is 473. The fourth-order valence-corrected chi connectivity index (χ4v) is 2.78. The molecule has 0 saturated carbocycles. The van der Waals surface area contributed by atoms with Gasteiger partial charge in [-0.05, 0) is 50.0 Å². The van der Waals surface area contributed by atoms with E-state index in [-0.39, 0.29) is 5.91 Å². The minimum Gasteiger partial charge on any atom is -0.320 e. The molecule has 0 radical (unpaired) electrons. The van der Waals surface area contributed by atoms with Gasteiger partial charge in [0.25, 0.3) is 0 Å². The average molecular weight is 267 g/mol. The van der Waals surface area contributed by atoms with E-state index in [4.69, 9.17) is 11.6 Å². The average Bonchev–Trinajstić information content (AvgIpc) is 2.35. The van der Waals surface area contributed by atoms with Gasteiger partial charge >= 0.3 is 0 Å². The van der Waals surface area contributed by atoms with Crippen molar-refractivity contribution in [2.24, 2.45) is 0 Å². The van der Waals surface area contributed by atoms with E-state index in [1.54, 1.807) is 4.90 Å². The molecule has 0 aliphatic carbocycles. The van der Waals surface area contributed by atoms with Crippen molar-refractivity contribution >= 4 is 23.2 Å². The molecule has 18 heavy (non-hydrogen) atoms. The molecule has 0 spiro atoms. The van der Waals surface area contributed by atoms with E-state index in [0.29, 0.717) is 12.3 Å². The van der Waals surface area contributed by atoms with Crippen LogP contribution in [-0.4, -0.2) is 26.5 Å². The number of nitrogens with zero attached hydrogens (tertiary/aromatic N) is 1. The zero-order chi connectivity index (χ0) is 13.3. The molecule has 1 aliphatic heterocycles. The zero-order valence-electron chi connectivity index (χ0n) is 11.1. The molecule has 1 amide bonds. The summed E-state index contributed by atoms with van der Waals surface area (Å²) in [6.45, 7) is 2.90. The smallest absolute Gasteiger partial charge is 0.227 e. The molecule has 0 aromatic heterocycles. The molecule has 1 aliphatic rings. The van der Waals surface area contributed by atoms with Crippen molar-refractivity contribution < 1.29 is 4.79 Å². The third kappa shape index (κ3) is 2.25. The van der Waals surface area contributed by atoms with Crippen molar-refractivity contribution in [3.05, 3.63) is 28.3 Å². The van der Waals surface area contributed by atoms with E-state index in [1.807, 2.05) is 27.1 Å². The third-order valence-corrected chi connectivity index (χ3v) is 4.12. The molecule has 1 N–H and O–H groups in total. The van der Waals surface area contributed by atoms with E-state index in [0.717, 1.165) is 29.2 Å². The third-order valence-electron chi connectivity index (χ3n) is 3.71. The molecule has 2 rings (SSSR count). The second-order valence-electron chi connectivity index (χ2n) is 4.86. The lowest BCUT2D eigenvalue weighted by Crippen LogP contribution is -2.34. The van der Waals surface area contributed by atoms with Gasteiger partial charge in [-0.3, -0.25) is 4.79 Å². The molecule has 1 atom stereocenters. The SMILES string of the molecule is CNCCC1CC(=O)N(C)c2c1ccc(Cl)c2C. The first-order valence-corrected chi connectivity index (χ1v) is 6.64. The van der Waals surface area contributed by atoms with Crippen LogP contribution >= 0.6 is 11.6 Å². The van der Waals surface area contributed by atoms with Crippen molar-refractivity contribution in [3.63, 3.8) is 0 Å². The Morgan fingerprint density at radius 3 is 2.89 bits per heavy atom. The van der Waals surface area contributed by atoms with E-state index in [9.17, 15) is 4.79 Å². The maximum atomic E-state index is 12.1. The predicted octanol–water partition coefficient (Wildman–Crippen LogP) is 2.71. The number of carbonyl (C=O) groups is 1. The Morgan fingerprint density at radius 1 is 1.50 bits per heavy atom. The number of rotatable bonds is 3. The van der Waals surface area contributed by atoms with Gasteiger partial charge in [0.05, 0.1) is 5.69 Å². The Balaban J connectivity index is 2.45. The first-order chi connectivity index (χ1) is 8.56. The van der Waals surface area contributed by atoms with E-state index < -0.39 is 0 Å². The number of hydrogen-bond acceptors (Lipinski definition) is 2. The molecule has 4 heteroatoms. The van der Waals surface area contributed by atoms with Crippen LogP contribution in [0.2, 0.25) is 5.02 Å². The molecule has 1 aromatic carbocycles. The molecule has 3 nitrogen and oxygen atoms in total. The molecule has 1 heterocycles. The number of halogens is 1. The lowest BCUT2D eigenvalue weighted by Gasteiger charge is -2.33. The molecular formula is C14H19ClN2O. The van der Waals surface area contributed by atoms with Gasteiger partial charge in [0.2, 0.25) is 5.91 Å². The maximum Gasteiger partial charge on any atom is 0.227 e. The molecule has 0 fully saturated rings. The second kappa shape index (κ2) is 5.29. The standard InChI is InChI=1S/C14H19ClN2O/c1-9-12(15)5-4-11-10(6-7-16-2)8-13(18)17(3)14(9)11/h4-5,10,16H,6-8H2,1-3H3. The summed E-state index contributed by atoms with van der Waals surface area (Å²) in [5.41, 5.74) is 3.24. The lowest BCUT2D eigenvalue weighted by molar-refractivity contribution is -0.119. The summed E-state index contributed by atoms with van der Waals surface area (Å²) in [4.78, 5) is 13.8. The van der Waals surface area contributed by atoms with Gasteiger partial charge in [-0.25, -0.2) is 0 Å². The van der Waals surface area contributed by atoms with Crippen LogP contribution in [0.15, 0.2) is 12.1 Å². The molecular weight excluding hydrogens is 248 g/mol. The van der Waals surface area contributed by atoms with E-state index in [2.05, 4.69) is 11.4 Å². The van der Waals surface area contributed by atoms with Gasteiger partial charge in [0, 0.05) is 18.5 Å². The van der Waals surface area contributed by atoms with Crippen LogP contribution < -0.4 is 10.2 Å². The van der Waals surface area contributed by atoms with Crippen LogP contribution in [-0.2, 0) is 4.79 Å². The predicted molar refractivity (Wildman–Crippen MR) is 75.5 cm³/mol. The fourth-order valence-electron chi connectivity index (χ4n) is 2.63. The highest BCUT2D eigenvalue weighted by Crippen LogP contribution is 2.41. The van der Waals surface area contributed by atoms with Gasteiger partial charge in [0.1, 0.15) is 0 Å². The molecule has 98 valence electrons. The van der Waals surface area contributed by atoms with Crippen molar-refractivity contribution in [1.82, 2.24) is 5.32 Å². The Kier molecular flexibility index (Phi) is 3.93. The summed E-state index contributed by atoms with van der Waals surface area (Å²) in [5.74, 6) is 0.473. The number of hydrogen-bond donors (Lipinski definition) is 1. The van der Waals surface area contributed by atoms with Crippen LogP contribution in [0.1, 0.15) is 29.9 Å². The first kappa shape index (κ1) is 13.4. The molecule has 1 aromatic rings. The largest absolute Gasteiger partial charge is 0.320 e. The van der Waals surface area contributed by atoms with Crippen molar-refractivity contribution in [1.29, 1.82) is 0 Å². The summed E-state index contributed by atoms with van der Waals surface area (Å²) < 4.78 is 0. The lowest BCUT2D eigenvalue weighted by atomic mass is 9.85. The van der Waals surface area contributed by atoms with Crippen molar-refractivity contribution in [3.8, 4) is 0 Å². The van der Waals surface area contributed by atoms with Gasteiger partial charge in [0.15, 0.2) is 0 Å². The number of carbonyl (C=O) groups excluding carboxylic acids is 1. The van der Waals surface area contributed by atoms with Crippen molar-refractivity contribution in [2.45, 2.75) is 25.7 Å². The van der Waals surface area contributed by atoms with Crippen LogP contribution in [0.25, 0.3) is 0 Å². The minimum absolute atomic E-state index is 0.175. The van der Waals surface area contributed by atoms with E-state index >= 15 is 0 Å². The number of anilines is 1. The molecule has 0 saturated heterocycles. The summed E-state index contributed by atoms with van der Waals surface area (Å²) in [6.07, 6.45) is 1.57. The second-order valence-corrected chi connectivity index (χ2v) is 5.26. The van der Waals surface area contributed by atoms with Gasteiger partial charge in [-0.2, -0.15) is 0 Å². The molecule has 0 bridgehead atoms. The monoisotopic (exact) mass is 266 g/mol. The maximum absolute atomic E-state index is 12.1. The van der Waals surface area contributed by atoms with E-state index in [1.165, 1.54) is 5.56 Å². The minimum atomic E-state index is 0.175. The van der Waals surface area contributed by atoms with Crippen LogP contribution in [0.5, 0.6) is 0 Å². The highest BCUT2D eigenvalue weighted by molar-refractivity contribution is 6.32. The summed E-state index contributed by atoms with van der Waals surface area (Å²) >= 11 is 6.16. The highest BCUT2D eigenvalue weighted by atomic mass is 35.5. The summed E-state index contributed by atoms with van der Waals surface area (Å²) in [5, 5.41) is 3.87. The Labute approximate surface area is 113 Å². The van der Waals surface area contributed by atoms with Crippen LogP contribution in [0.3, 0.4) is 0 Å². The number of nitrogens with one attached hydrogen (secondary N) is 1. The quantitative estimate of drug-likeness (QED) is 0.912. The topological polar surface area (TPSA) is 32.3 Å². The first-order valence-electron chi connectivity index (χ1n) is 6.26. The van der Waals surface area contributed by atoms with Crippen LogP contribution in [0, 0.1) is 6.92 Å². The zero-order valence-corrected chi connectivity index (χ0v) is 11.8. The van der Waals surface area contributed by atoms with Gasteiger partial charge in [-0.15, -0.1) is 0 Å². The normalized spacial score (nSPS) is 19.0. The molecule has 1 unspecified atom stereocenters. The summed E-state index contributed by atoms with van der Waals surface area (Å²) in [7, 11) is 3.77. The Hall–Kier alpha value is -1.06. The number of benzene rings is 1. The van der Waals surface area contributed by atoms with Gasteiger partial charge in [-0.1, -0.05) is 17.7 Å².